The second-order valence-electron chi connectivity index (χ2n) is 5.95. The number of sulfonamides is 1. The third-order valence-corrected chi connectivity index (χ3v) is 6.80. The zero-order valence-corrected chi connectivity index (χ0v) is 17.1. The molecule has 2 aromatic carbocycles. The topological polar surface area (TPSA) is 66.5 Å². The second kappa shape index (κ2) is 9.34. The molecule has 0 aliphatic rings. The average Bonchev–Trinajstić information content (AvgIpc) is 2.66. The van der Waals surface area contributed by atoms with Crippen molar-refractivity contribution in [2.24, 2.45) is 0 Å². The first-order valence-corrected chi connectivity index (χ1v) is 11.1. The van der Waals surface area contributed by atoms with Crippen molar-refractivity contribution in [2.45, 2.75) is 29.7 Å². The number of rotatable bonds is 8. The lowest BCUT2D eigenvalue weighted by Gasteiger charge is -2.22. The number of nitrogens with zero attached hydrogens (tertiary/aromatic N) is 1. The molecule has 0 saturated carbocycles. The monoisotopic (exact) mass is 410 g/mol. The van der Waals surface area contributed by atoms with E-state index in [0.717, 1.165) is 26.9 Å². The molecular weight excluding hydrogens is 387 g/mol. The third kappa shape index (κ3) is 5.54. The van der Waals surface area contributed by atoms with E-state index in [9.17, 15) is 17.6 Å². The fourth-order valence-electron chi connectivity index (χ4n) is 2.55. The van der Waals surface area contributed by atoms with Crippen LogP contribution in [0.4, 0.5) is 4.39 Å². The van der Waals surface area contributed by atoms with Gasteiger partial charge in [-0.2, -0.15) is 4.31 Å². The number of thioether (sulfide) groups is 1. The first-order chi connectivity index (χ1) is 12.8. The van der Waals surface area contributed by atoms with Crippen LogP contribution >= 0.6 is 11.8 Å². The smallest absolute Gasteiger partial charge is 0.243 e. The minimum atomic E-state index is -3.87. The zero-order valence-electron chi connectivity index (χ0n) is 15.5. The molecule has 0 aliphatic carbocycles. The van der Waals surface area contributed by atoms with Gasteiger partial charge in [0.15, 0.2) is 0 Å². The van der Waals surface area contributed by atoms with Crippen LogP contribution in [0.15, 0.2) is 58.3 Å². The molecule has 0 unspecified atom stereocenters. The van der Waals surface area contributed by atoms with Crippen LogP contribution in [0.1, 0.15) is 25.5 Å². The van der Waals surface area contributed by atoms with E-state index in [-0.39, 0.29) is 24.0 Å². The van der Waals surface area contributed by atoms with Crippen molar-refractivity contribution in [1.29, 1.82) is 0 Å². The van der Waals surface area contributed by atoms with Crippen LogP contribution < -0.4 is 5.32 Å². The maximum Gasteiger partial charge on any atom is 0.243 e. The highest BCUT2D eigenvalue weighted by Gasteiger charge is 2.25. The second-order valence-corrected chi connectivity index (χ2v) is 8.77. The molecule has 2 rings (SSSR count). The number of carbonyl (C=O) groups is 1. The van der Waals surface area contributed by atoms with Gasteiger partial charge in [-0.05, 0) is 55.1 Å². The largest absolute Gasteiger partial charge is 0.348 e. The van der Waals surface area contributed by atoms with Crippen molar-refractivity contribution in [3.8, 4) is 0 Å². The number of amides is 1. The van der Waals surface area contributed by atoms with Gasteiger partial charge < -0.3 is 5.32 Å². The van der Waals surface area contributed by atoms with Crippen LogP contribution in [0.3, 0.4) is 0 Å². The fourth-order valence-corrected chi connectivity index (χ4v) is 4.36. The van der Waals surface area contributed by atoms with Gasteiger partial charge in [-0.25, -0.2) is 12.8 Å². The van der Waals surface area contributed by atoms with Gasteiger partial charge in [-0.3, -0.25) is 4.79 Å². The summed E-state index contributed by atoms with van der Waals surface area (Å²) in [5.41, 5.74) is 0.936. The Morgan fingerprint density at radius 3 is 2.26 bits per heavy atom. The van der Waals surface area contributed by atoms with Crippen LogP contribution in [-0.2, 0) is 14.8 Å². The average molecular weight is 411 g/mol. The molecule has 1 N–H and O–H groups in total. The maximum atomic E-state index is 13.0. The zero-order chi connectivity index (χ0) is 20.0. The molecule has 27 heavy (non-hydrogen) atoms. The first-order valence-electron chi connectivity index (χ1n) is 8.47. The summed E-state index contributed by atoms with van der Waals surface area (Å²) in [7, 11) is -3.87. The number of likely N-dealkylation sites (N-methyl/N-ethyl adjacent to an activating group) is 1. The Labute approximate surface area is 164 Å². The fraction of sp³-hybridized carbons (Fsp3) is 0.316. The molecule has 0 saturated heterocycles. The van der Waals surface area contributed by atoms with Crippen molar-refractivity contribution < 1.29 is 17.6 Å². The molecule has 5 nitrogen and oxygen atoms in total. The molecule has 0 radical (unpaired) electrons. The summed E-state index contributed by atoms with van der Waals surface area (Å²) in [6.07, 6.45) is 1.99. The highest BCUT2D eigenvalue weighted by Crippen LogP contribution is 2.19. The Morgan fingerprint density at radius 2 is 1.74 bits per heavy atom. The van der Waals surface area contributed by atoms with Crippen LogP contribution in [-0.4, -0.2) is 38.0 Å². The third-order valence-electron chi connectivity index (χ3n) is 4.12. The van der Waals surface area contributed by atoms with E-state index < -0.39 is 21.7 Å². The van der Waals surface area contributed by atoms with Crippen LogP contribution in [0.2, 0.25) is 0 Å². The number of hydrogen-bond acceptors (Lipinski definition) is 4. The van der Waals surface area contributed by atoms with E-state index in [4.69, 9.17) is 0 Å². The minimum Gasteiger partial charge on any atom is -0.348 e. The molecule has 2 aromatic rings. The van der Waals surface area contributed by atoms with Gasteiger partial charge >= 0.3 is 0 Å². The molecule has 1 atom stereocenters. The summed E-state index contributed by atoms with van der Waals surface area (Å²) in [5, 5.41) is 2.82. The Hall–Kier alpha value is -1.90. The molecule has 0 spiro atoms. The molecule has 0 fully saturated rings. The summed E-state index contributed by atoms with van der Waals surface area (Å²) in [6, 6.07) is 12.1. The van der Waals surface area contributed by atoms with Crippen molar-refractivity contribution >= 4 is 27.7 Å². The number of halogens is 1. The predicted octanol–water partition coefficient (Wildman–Crippen LogP) is 3.44. The van der Waals surface area contributed by atoms with E-state index in [0.29, 0.717) is 0 Å². The molecular formula is C19H23FN2O3S2. The number of nitrogens with one attached hydrogen (secondary N) is 1. The summed E-state index contributed by atoms with van der Waals surface area (Å²) in [6.45, 7) is 3.32. The Balaban J connectivity index is 2.06. The maximum absolute atomic E-state index is 13.0. The van der Waals surface area contributed by atoms with E-state index in [1.165, 1.54) is 12.1 Å². The quantitative estimate of drug-likeness (QED) is 0.677. The van der Waals surface area contributed by atoms with Crippen molar-refractivity contribution in [2.75, 3.05) is 19.3 Å². The van der Waals surface area contributed by atoms with Gasteiger partial charge in [0, 0.05) is 11.4 Å². The number of benzene rings is 2. The molecule has 0 bridgehead atoms. The predicted molar refractivity (Wildman–Crippen MR) is 106 cm³/mol. The van der Waals surface area contributed by atoms with Gasteiger partial charge in [0.1, 0.15) is 5.82 Å². The molecule has 1 amide bonds. The van der Waals surface area contributed by atoms with E-state index >= 15 is 0 Å². The normalized spacial score (nSPS) is 12.8. The molecule has 0 aliphatic heterocycles. The van der Waals surface area contributed by atoms with Gasteiger partial charge in [-0.15, -0.1) is 11.8 Å². The summed E-state index contributed by atoms with van der Waals surface area (Å²) in [4.78, 5) is 13.5. The lowest BCUT2D eigenvalue weighted by atomic mass is 10.1. The number of carbonyl (C=O) groups excluding carboxylic acids is 1. The summed E-state index contributed by atoms with van der Waals surface area (Å²) < 4.78 is 39.4. The molecule has 0 aromatic heterocycles. The lowest BCUT2D eigenvalue weighted by molar-refractivity contribution is -0.121. The number of hydrogen-bond donors (Lipinski definition) is 1. The highest BCUT2D eigenvalue weighted by molar-refractivity contribution is 7.98. The van der Waals surface area contributed by atoms with Gasteiger partial charge in [0.25, 0.3) is 0 Å². The Morgan fingerprint density at radius 1 is 1.15 bits per heavy atom. The highest BCUT2D eigenvalue weighted by atomic mass is 32.2. The van der Waals surface area contributed by atoms with Crippen molar-refractivity contribution in [1.82, 2.24) is 9.62 Å². The standard InChI is InChI=1S/C19H23FN2O3S2/c1-4-22(27(24,25)18-11-7-16(20)8-12-18)13-19(23)21-14(2)15-5-9-17(26-3)10-6-15/h5-12,14H,4,13H2,1-3H3,(H,21,23)/t14-/m1/s1. The first kappa shape index (κ1) is 21.4. The lowest BCUT2D eigenvalue weighted by Crippen LogP contribution is -2.41. The van der Waals surface area contributed by atoms with Crippen molar-refractivity contribution in [3.05, 3.63) is 59.9 Å². The van der Waals surface area contributed by atoms with E-state index in [1.54, 1.807) is 18.7 Å². The van der Waals surface area contributed by atoms with Gasteiger partial charge in [0.05, 0.1) is 17.5 Å². The Bertz CT molecular complexity index is 869. The molecule has 8 heteroatoms. The minimum absolute atomic E-state index is 0.0424. The van der Waals surface area contributed by atoms with E-state index in [2.05, 4.69) is 5.32 Å². The van der Waals surface area contributed by atoms with Gasteiger partial charge in [0.2, 0.25) is 15.9 Å². The Kier molecular flexibility index (Phi) is 7.41. The van der Waals surface area contributed by atoms with Gasteiger partial charge in [-0.1, -0.05) is 19.1 Å². The molecule has 0 heterocycles. The van der Waals surface area contributed by atoms with E-state index in [1.807, 2.05) is 37.4 Å². The summed E-state index contributed by atoms with van der Waals surface area (Å²) >= 11 is 1.63. The van der Waals surface area contributed by atoms with Crippen molar-refractivity contribution in [3.63, 3.8) is 0 Å². The van der Waals surface area contributed by atoms with Crippen LogP contribution in [0, 0.1) is 5.82 Å². The van der Waals surface area contributed by atoms with Crippen LogP contribution in [0.5, 0.6) is 0 Å². The summed E-state index contributed by atoms with van der Waals surface area (Å²) in [5.74, 6) is -0.917. The SMILES string of the molecule is CCN(CC(=O)N[C@H](C)c1ccc(SC)cc1)S(=O)(=O)c1ccc(F)cc1. The van der Waals surface area contributed by atoms with Crippen LogP contribution in [0.25, 0.3) is 0 Å². The molecule has 146 valence electrons.